The van der Waals surface area contributed by atoms with Crippen molar-refractivity contribution in [1.29, 1.82) is 0 Å². The van der Waals surface area contributed by atoms with Crippen molar-refractivity contribution in [2.24, 2.45) is 11.3 Å². The second kappa shape index (κ2) is 10.8. The molecule has 0 spiro atoms. The van der Waals surface area contributed by atoms with E-state index in [4.69, 9.17) is 9.72 Å². The number of anilines is 1. The summed E-state index contributed by atoms with van der Waals surface area (Å²) in [4.78, 5) is 20.5. The van der Waals surface area contributed by atoms with Gasteiger partial charge in [-0.1, -0.05) is 0 Å². The maximum atomic E-state index is 13.6. The van der Waals surface area contributed by atoms with E-state index in [2.05, 4.69) is 33.7 Å². The summed E-state index contributed by atoms with van der Waals surface area (Å²) in [5, 5.41) is 8.62. The predicted octanol–water partition coefficient (Wildman–Crippen LogP) is 4.79. The molecule has 4 bridgehead atoms. The SMILES string of the molecule is Cc1c2cnn1CCCC1CCC(C)(C)N(C1)c1nc(-n3ccc(OCCC4(C(F)(F)F)CC4)n3)ccc1C(=O)NS2(=O)=O. The molecule has 238 valence electrons. The van der Waals surface area contributed by atoms with Crippen LogP contribution in [0.3, 0.4) is 0 Å². The molecule has 3 aromatic heterocycles. The number of hydrogen-bond donors (Lipinski definition) is 1. The summed E-state index contributed by atoms with van der Waals surface area (Å²) in [6, 6.07) is 4.61. The van der Waals surface area contributed by atoms with Crippen LogP contribution in [0.25, 0.3) is 5.82 Å². The number of carbonyl (C=O) groups excluding carboxylic acids is 1. The number of hydrogen-bond acceptors (Lipinski definition) is 8. The Balaban J connectivity index is 1.32. The number of piperidine rings is 1. The zero-order valence-electron chi connectivity index (χ0n) is 24.9. The van der Waals surface area contributed by atoms with Crippen molar-refractivity contribution in [2.75, 3.05) is 18.1 Å². The fourth-order valence-corrected chi connectivity index (χ4v) is 7.36. The van der Waals surface area contributed by atoms with Gasteiger partial charge >= 0.3 is 6.18 Å². The molecule has 1 N–H and O–H groups in total. The van der Waals surface area contributed by atoms with E-state index in [1.165, 1.54) is 16.9 Å². The first-order valence-electron chi connectivity index (χ1n) is 14.8. The number of nitrogens with zero attached hydrogens (tertiary/aromatic N) is 6. The van der Waals surface area contributed by atoms with Crippen LogP contribution in [0.5, 0.6) is 5.88 Å². The lowest BCUT2D eigenvalue weighted by atomic mass is 9.82. The number of amides is 1. The van der Waals surface area contributed by atoms with Gasteiger partial charge in [-0.15, -0.1) is 5.10 Å². The highest BCUT2D eigenvalue weighted by molar-refractivity contribution is 7.90. The summed E-state index contributed by atoms with van der Waals surface area (Å²) >= 11 is 0. The first-order valence-corrected chi connectivity index (χ1v) is 16.3. The maximum Gasteiger partial charge on any atom is 0.394 e. The minimum absolute atomic E-state index is 0.0539. The van der Waals surface area contributed by atoms with E-state index in [1.807, 2.05) is 0 Å². The van der Waals surface area contributed by atoms with Gasteiger partial charge < -0.3 is 9.64 Å². The third-order valence-electron chi connectivity index (χ3n) is 9.34. The second-order valence-electron chi connectivity index (χ2n) is 12.7. The molecule has 0 aromatic carbocycles. The standard InChI is InChI=1S/C29H36F3N7O4S/c1-19-22-17-33-38(19)14-4-5-20-8-10-27(2,3)37(18-20)25-21(26(40)36-44(22,41)42)6-7-23(34-25)39-15-9-24(35-39)43-16-13-28(11-12-28)29(30,31)32/h6-7,9,15,17,20H,4-5,8,10-14,16,18H2,1-3H3,(H,36,40). The highest BCUT2D eigenvalue weighted by Gasteiger charge is 2.62. The molecule has 6 rings (SSSR count). The number of alkyl halides is 3. The molecule has 3 aromatic rings. The largest absolute Gasteiger partial charge is 0.477 e. The first kappa shape index (κ1) is 30.4. The van der Waals surface area contributed by atoms with Crippen LogP contribution in [0.2, 0.25) is 0 Å². The molecule has 1 saturated heterocycles. The van der Waals surface area contributed by atoms with Crippen molar-refractivity contribution >= 4 is 21.7 Å². The minimum Gasteiger partial charge on any atom is -0.477 e. The van der Waals surface area contributed by atoms with Gasteiger partial charge in [-0.3, -0.25) is 9.48 Å². The van der Waals surface area contributed by atoms with Crippen molar-refractivity contribution in [2.45, 2.75) is 88.9 Å². The number of rotatable bonds is 5. The molecule has 1 saturated carbocycles. The maximum absolute atomic E-state index is 13.6. The van der Waals surface area contributed by atoms with Gasteiger partial charge in [0.05, 0.1) is 29.5 Å². The Morgan fingerprint density at radius 3 is 2.64 bits per heavy atom. The number of fused-ring (bicyclic) bond motifs is 6. The molecule has 44 heavy (non-hydrogen) atoms. The van der Waals surface area contributed by atoms with Crippen LogP contribution in [0.4, 0.5) is 19.0 Å². The van der Waals surface area contributed by atoms with Gasteiger partial charge in [0.25, 0.3) is 15.9 Å². The molecule has 2 fully saturated rings. The summed E-state index contributed by atoms with van der Waals surface area (Å²) in [7, 11) is -4.22. The van der Waals surface area contributed by atoms with Gasteiger partial charge in [-0.05, 0) is 83.8 Å². The quantitative estimate of drug-likeness (QED) is 0.425. The Kier molecular flexibility index (Phi) is 7.45. The number of pyridine rings is 1. The molecule has 1 aliphatic carbocycles. The lowest BCUT2D eigenvalue weighted by Gasteiger charge is -2.47. The number of nitrogens with one attached hydrogen (secondary N) is 1. The fraction of sp³-hybridized carbons (Fsp3) is 0.586. The summed E-state index contributed by atoms with van der Waals surface area (Å²) in [5.41, 5.74) is -1.48. The second-order valence-corrected chi connectivity index (χ2v) is 14.4. The van der Waals surface area contributed by atoms with E-state index >= 15 is 0 Å². The minimum atomic E-state index is -4.25. The Bertz CT molecular complexity index is 1680. The molecule has 3 aliphatic rings. The molecule has 1 atom stereocenters. The lowest BCUT2D eigenvalue weighted by molar-refractivity contribution is -0.190. The normalized spacial score (nSPS) is 22.5. The molecule has 11 nitrogen and oxygen atoms in total. The number of aryl methyl sites for hydroxylation is 1. The highest BCUT2D eigenvalue weighted by Crippen LogP contribution is 2.59. The Hall–Kier alpha value is -3.62. The Morgan fingerprint density at radius 2 is 1.91 bits per heavy atom. The average molecular weight is 636 g/mol. The van der Waals surface area contributed by atoms with Crippen molar-refractivity contribution in [3.05, 3.63) is 41.9 Å². The van der Waals surface area contributed by atoms with Gasteiger partial charge in [0.2, 0.25) is 5.88 Å². The summed E-state index contributed by atoms with van der Waals surface area (Å²) in [6.07, 6.45) is 2.23. The average Bonchev–Trinajstić information content (AvgIpc) is 3.45. The number of ether oxygens (including phenoxy) is 1. The number of aromatic nitrogens is 5. The molecule has 2 aliphatic heterocycles. The van der Waals surface area contributed by atoms with Gasteiger partial charge in [0.1, 0.15) is 10.7 Å². The molecule has 5 heterocycles. The van der Waals surface area contributed by atoms with E-state index < -0.39 is 27.5 Å². The number of sulfonamides is 1. The van der Waals surface area contributed by atoms with E-state index in [9.17, 15) is 26.4 Å². The van der Waals surface area contributed by atoms with Crippen LogP contribution < -0.4 is 14.4 Å². The van der Waals surface area contributed by atoms with E-state index in [0.29, 0.717) is 36.3 Å². The topological polar surface area (TPSA) is 124 Å². The molecular weight excluding hydrogens is 599 g/mol. The highest BCUT2D eigenvalue weighted by atomic mass is 32.2. The molecule has 0 radical (unpaired) electrons. The van der Waals surface area contributed by atoms with Crippen LogP contribution in [-0.4, -0.2) is 63.7 Å². The van der Waals surface area contributed by atoms with Crippen molar-refractivity contribution in [3.8, 4) is 11.7 Å². The molecular formula is C29H36F3N7O4S. The van der Waals surface area contributed by atoms with Gasteiger partial charge in [0.15, 0.2) is 5.82 Å². The van der Waals surface area contributed by atoms with E-state index in [-0.39, 0.29) is 47.7 Å². The summed E-state index contributed by atoms with van der Waals surface area (Å²) in [6.45, 7) is 6.88. The van der Waals surface area contributed by atoms with E-state index in [1.54, 1.807) is 29.9 Å². The van der Waals surface area contributed by atoms with Crippen LogP contribution in [-0.2, 0) is 16.6 Å². The fourth-order valence-electron chi connectivity index (χ4n) is 6.22. The Labute approximate surface area is 253 Å². The van der Waals surface area contributed by atoms with Crippen LogP contribution >= 0.6 is 0 Å². The van der Waals surface area contributed by atoms with Crippen molar-refractivity contribution in [3.63, 3.8) is 0 Å². The van der Waals surface area contributed by atoms with E-state index in [0.717, 1.165) is 25.7 Å². The third kappa shape index (κ3) is 5.66. The zero-order chi connectivity index (χ0) is 31.5. The van der Waals surface area contributed by atoms with Crippen LogP contribution in [0.15, 0.2) is 35.5 Å². The third-order valence-corrected chi connectivity index (χ3v) is 10.8. The monoisotopic (exact) mass is 635 g/mol. The zero-order valence-corrected chi connectivity index (χ0v) is 25.7. The number of carbonyl (C=O) groups is 1. The molecule has 15 heteroatoms. The molecule has 1 unspecified atom stereocenters. The van der Waals surface area contributed by atoms with Gasteiger partial charge in [-0.2, -0.15) is 18.3 Å². The predicted molar refractivity (Wildman–Crippen MR) is 154 cm³/mol. The summed E-state index contributed by atoms with van der Waals surface area (Å²) < 4.78 is 77.2. The first-order chi connectivity index (χ1) is 20.7. The van der Waals surface area contributed by atoms with Crippen molar-refractivity contribution < 1.29 is 31.1 Å². The molecule has 1 amide bonds. The van der Waals surface area contributed by atoms with Gasteiger partial charge in [0, 0.05) is 30.9 Å². The number of halogens is 3. The van der Waals surface area contributed by atoms with Crippen molar-refractivity contribution in [1.82, 2.24) is 29.3 Å². The summed E-state index contributed by atoms with van der Waals surface area (Å²) in [5.74, 6) is 0.336. The van der Waals surface area contributed by atoms with Crippen LogP contribution in [0.1, 0.15) is 74.8 Å². The Morgan fingerprint density at radius 1 is 1.14 bits per heavy atom. The van der Waals surface area contributed by atoms with Gasteiger partial charge in [-0.25, -0.2) is 22.8 Å². The smallest absolute Gasteiger partial charge is 0.394 e. The lowest BCUT2D eigenvalue weighted by Crippen LogP contribution is -2.52. The van der Waals surface area contributed by atoms with Crippen LogP contribution in [0, 0.1) is 18.3 Å².